The highest BCUT2D eigenvalue weighted by Crippen LogP contribution is 2.17. The van der Waals surface area contributed by atoms with Crippen molar-refractivity contribution in [2.45, 2.75) is 19.4 Å². The number of likely N-dealkylation sites (tertiary alicyclic amines) is 1. The Kier molecular flexibility index (Phi) is 3.97. The smallest absolute Gasteiger partial charge is 0.290 e. The Morgan fingerprint density at radius 3 is 2.76 bits per heavy atom. The van der Waals surface area contributed by atoms with Crippen LogP contribution in [0.25, 0.3) is 5.52 Å². The summed E-state index contributed by atoms with van der Waals surface area (Å²) in [5.41, 5.74) is 0.858. The van der Waals surface area contributed by atoms with Crippen LogP contribution in [-0.2, 0) is 6.54 Å². The van der Waals surface area contributed by atoms with Crippen molar-refractivity contribution in [3.05, 3.63) is 60.1 Å². The summed E-state index contributed by atoms with van der Waals surface area (Å²) in [5, 5.41) is 2.78. The highest BCUT2D eigenvalue weighted by atomic mass is 16.3. The van der Waals surface area contributed by atoms with Gasteiger partial charge >= 0.3 is 0 Å². The molecule has 1 aliphatic rings. The van der Waals surface area contributed by atoms with Crippen LogP contribution in [0.2, 0.25) is 0 Å². The van der Waals surface area contributed by atoms with Crippen molar-refractivity contribution >= 4 is 17.3 Å². The Hall–Kier alpha value is -3.09. The van der Waals surface area contributed by atoms with E-state index >= 15 is 0 Å². The first-order chi connectivity index (χ1) is 12.2. The van der Waals surface area contributed by atoms with Crippen molar-refractivity contribution < 1.29 is 14.0 Å². The first kappa shape index (κ1) is 15.4. The number of fused-ring (bicyclic) bond motifs is 1. The Labute approximate surface area is 144 Å². The van der Waals surface area contributed by atoms with Crippen molar-refractivity contribution in [2.24, 2.45) is 0 Å². The highest BCUT2D eigenvalue weighted by molar-refractivity contribution is 6.02. The molecular formula is C18H18N4O3. The number of nitrogens with zero attached hydrogens (tertiary/aromatic N) is 3. The molecule has 1 fully saturated rings. The molecule has 3 aromatic rings. The lowest BCUT2D eigenvalue weighted by Gasteiger charge is -2.13. The zero-order valence-electron chi connectivity index (χ0n) is 13.6. The number of amides is 2. The molecule has 0 saturated carbocycles. The summed E-state index contributed by atoms with van der Waals surface area (Å²) in [7, 11) is 0. The van der Waals surface area contributed by atoms with Crippen LogP contribution in [0.5, 0.6) is 0 Å². The largest absolute Gasteiger partial charge is 0.467 e. The Balaban J connectivity index is 1.64. The molecule has 1 N–H and O–H groups in total. The fourth-order valence-electron chi connectivity index (χ4n) is 3.08. The number of nitrogens with one attached hydrogen (secondary N) is 1. The van der Waals surface area contributed by atoms with Crippen LogP contribution in [0.4, 0.5) is 0 Å². The van der Waals surface area contributed by atoms with Gasteiger partial charge in [0.1, 0.15) is 5.76 Å². The normalized spacial score (nSPS) is 14.2. The molecule has 128 valence electrons. The third kappa shape index (κ3) is 2.88. The summed E-state index contributed by atoms with van der Waals surface area (Å²) in [6.45, 7) is 1.74. The van der Waals surface area contributed by atoms with Crippen molar-refractivity contribution in [2.75, 3.05) is 13.1 Å². The number of rotatable bonds is 4. The summed E-state index contributed by atoms with van der Waals surface area (Å²) in [5.74, 6) is 0.468. The lowest BCUT2D eigenvalue weighted by Crippen LogP contribution is -2.29. The molecule has 0 unspecified atom stereocenters. The van der Waals surface area contributed by atoms with Gasteiger partial charge in [-0.2, -0.15) is 0 Å². The molecule has 25 heavy (non-hydrogen) atoms. The number of carbonyl (C=O) groups is 2. The predicted octanol–water partition coefficient (Wildman–Crippen LogP) is 2.09. The number of aromatic nitrogens is 2. The SMILES string of the molecule is O=C(NCc1ccco1)c1nc(C(=O)N2CCCC2)n2ccccc12. The quantitative estimate of drug-likeness (QED) is 0.790. The van der Waals surface area contributed by atoms with E-state index in [1.807, 2.05) is 12.1 Å². The molecule has 0 spiro atoms. The Morgan fingerprint density at radius 1 is 1.16 bits per heavy atom. The minimum Gasteiger partial charge on any atom is -0.467 e. The Morgan fingerprint density at radius 2 is 2.00 bits per heavy atom. The number of imidazole rings is 1. The van der Waals surface area contributed by atoms with E-state index in [4.69, 9.17) is 4.42 Å². The number of hydrogen-bond acceptors (Lipinski definition) is 4. The van der Waals surface area contributed by atoms with Crippen LogP contribution in [0.1, 0.15) is 39.7 Å². The third-order valence-corrected chi connectivity index (χ3v) is 4.35. The lowest BCUT2D eigenvalue weighted by molar-refractivity contribution is 0.0780. The van der Waals surface area contributed by atoms with Gasteiger partial charge in [-0.25, -0.2) is 4.98 Å². The van der Waals surface area contributed by atoms with Crippen LogP contribution < -0.4 is 5.32 Å². The van der Waals surface area contributed by atoms with Gasteiger partial charge in [-0.3, -0.25) is 14.0 Å². The summed E-state index contributed by atoms with van der Waals surface area (Å²) in [6.07, 6.45) is 5.33. The van der Waals surface area contributed by atoms with Crippen molar-refractivity contribution in [1.82, 2.24) is 19.6 Å². The van der Waals surface area contributed by atoms with Gasteiger partial charge in [0.25, 0.3) is 11.8 Å². The van der Waals surface area contributed by atoms with E-state index in [0.29, 0.717) is 11.3 Å². The molecule has 7 heteroatoms. The average molecular weight is 338 g/mol. The fraction of sp³-hybridized carbons (Fsp3) is 0.278. The molecule has 0 aromatic carbocycles. The number of carbonyl (C=O) groups excluding carboxylic acids is 2. The standard InChI is InChI=1S/C18H18N4O3/c23-17(19-12-13-6-5-11-25-13)15-14-7-1-2-10-22(14)16(20-15)18(24)21-8-3-4-9-21/h1-2,5-7,10-11H,3-4,8-9,12H2,(H,19,23). The molecule has 0 aliphatic carbocycles. The number of furan rings is 1. The van der Waals surface area contributed by atoms with E-state index < -0.39 is 0 Å². The van der Waals surface area contributed by atoms with Gasteiger partial charge in [-0.1, -0.05) is 6.07 Å². The zero-order valence-corrected chi connectivity index (χ0v) is 13.6. The molecule has 0 atom stereocenters. The summed E-state index contributed by atoms with van der Waals surface area (Å²) in [4.78, 5) is 31.4. The average Bonchev–Trinajstić information content (AvgIpc) is 3.39. The molecule has 2 amide bonds. The van der Waals surface area contributed by atoms with Crippen LogP contribution in [-0.4, -0.2) is 39.2 Å². The molecule has 1 saturated heterocycles. The maximum absolute atomic E-state index is 12.7. The lowest BCUT2D eigenvalue weighted by atomic mass is 10.3. The molecular weight excluding hydrogens is 320 g/mol. The van der Waals surface area contributed by atoms with Crippen LogP contribution in [0, 0.1) is 0 Å². The van der Waals surface area contributed by atoms with E-state index in [1.54, 1.807) is 40.0 Å². The minimum atomic E-state index is -0.333. The Bertz CT molecular complexity index is 908. The highest BCUT2D eigenvalue weighted by Gasteiger charge is 2.26. The molecule has 7 nitrogen and oxygen atoms in total. The topological polar surface area (TPSA) is 79.8 Å². The predicted molar refractivity (Wildman–Crippen MR) is 90.2 cm³/mol. The van der Waals surface area contributed by atoms with Gasteiger partial charge in [0.2, 0.25) is 5.82 Å². The monoisotopic (exact) mass is 338 g/mol. The third-order valence-electron chi connectivity index (χ3n) is 4.35. The molecule has 0 bridgehead atoms. The maximum Gasteiger partial charge on any atom is 0.290 e. The van der Waals surface area contributed by atoms with E-state index in [0.717, 1.165) is 25.9 Å². The van der Waals surface area contributed by atoms with Crippen molar-refractivity contribution in [3.8, 4) is 0 Å². The molecule has 1 aliphatic heterocycles. The molecule has 3 aromatic heterocycles. The molecule has 4 heterocycles. The van der Waals surface area contributed by atoms with E-state index in [2.05, 4.69) is 10.3 Å². The van der Waals surface area contributed by atoms with Gasteiger partial charge in [-0.05, 0) is 37.1 Å². The summed E-state index contributed by atoms with van der Waals surface area (Å²) >= 11 is 0. The van der Waals surface area contributed by atoms with E-state index in [-0.39, 0.29) is 29.9 Å². The van der Waals surface area contributed by atoms with Gasteiger partial charge in [0, 0.05) is 19.3 Å². The first-order valence-electron chi connectivity index (χ1n) is 8.31. The minimum absolute atomic E-state index is 0.135. The summed E-state index contributed by atoms with van der Waals surface area (Å²) in [6, 6.07) is 8.98. The van der Waals surface area contributed by atoms with Gasteiger partial charge in [0.15, 0.2) is 5.69 Å². The summed E-state index contributed by atoms with van der Waals surface area (Å²) < 4.78 is 6.90. The molecule has 0 radical (unpaired) electrons. The first-order valence-corrected chi connectivity index (χ1v) is 8.31. The van der Waals surface area contributed by atoms with E-state index in [9.17, 15) is 9.59 Å². The van der Waals surface area contributed by atoms with Gasteiger partial charge in [-0.15, -0.1) is 0 Å². The van der Waals surface area contributed by atoms with Gasteiger partial charge in [0.05, 0.1) is 18.3 Å². The maximum atomic E-state index is 12.7. The van der Waals surface area contributed by atoms with E-state index in [1.165, 1.54) is 0 Å². The number of pyridine rings is 1. The van der Waals surface area contributed by atoms with Crippen molar-refractivity contribution in [1.29, 1.82) is 0 Å². The van der Waals surface area contributed by atoms with Crippen molar-refractivity contribution in [3.63, 3.8) is 0 Å². The second-order valence-corrected chi connectivity index (χ2v) is 6.00. The zero-order chi connectivity index (χ0) is 17.2. The number of hydrogen-bond donors (Lipinski definition) is 1. The molecule has 4 rings (SSSR count). The van der Waals surface area contributed by atoms with Crippen LogP contribution in [0.3, 0.4) is 0 Å². The van der Waals surface area contributed by atoms with Crippen LogP contribution >= 0.6 is 0 Å². The van der Waals surface area contributed by atoms with Gasteiger partial charge < -0.3 is 14.6 Å². The second-order valence-electron chi connectivity index (χ2n) is 6.00. The van der Waals surface area contributed by atoms with Crippen LogP contribution in [0.15, 0.2) is 47.2 Å². The fourth-order valence-corrected chi connectivity index (χ4v) is 3.08. The second kappa shape index (κ2) is 6.43.